The first kappa shape index (κ1) is 15.6. The second-order valence-corrected chi connectivity index (χ2v) is 4.66. The van der Waals surface area contributed by atoms with Gasteiger partial charge in [-0.3, -0.25) is 10.1 Å². The van der Waals surface area contributed by atoms with E-state index in [1.54, 1.807) is 6.07 Å². The van der Waals surface area contributed by atoms with Crippen LogP contribution in [0.25, 0.3) is 0 Å². The lowest BCUT2D eigenvalue weighted by molar-refractivity contribution is -0.255. The Bertz CT molecular complexity index is 749. The molecular weight excluding hydrogens is 307 g/mol. The van der Waals surface area contributed by atoms with Crippen LogP contribution in [-0.4, -0.2) is 17.0 Å². The van der Waals surface area contributed by atoms with Crippen molar-refractivity contribution in [1.29, 1.82) is 0 Å². The highest BCUT2D eigenvalue weighted by atomic mass is 32.1. The molecule has 2 aromatic carbocycles. The zero-order chi connectivity index (χ0) is 16.1. The molecule has 0 heterocycles. The summed E-state index contributed by atoms with van der Waals surface area (Å²) in [4.78, 5) is 22.6. The van der Waals surface area contributed by atoms with Crippen molar-refractivity contribution in [2.75, 3.05) is 5.32 Å². The summed E-state index contributed by atoms with van der Waals surface area (Å²) in [5.74, 6) is -2.70. The number of rotatable bonds is 3. The maximum atomic E-state index is 13.5. The summed E-state index contributed by atoms with van der Waals surface area (Å²) >= 11 is 4.94. The van der Waals surface area contributed by atoms with E-state index in [4.69, 9.17) is 12.2 Å². The van der Waals surface area contributed by atoms with Gasteiger partial charge in [-0.05, 0) is 42.0 Å². The molecule has 0 aromatic heterocycles. The number of benzene rings is 2. The van der Waals surface area contributed by atoms with Gasteiger partial charge in [0.1, 0.15) is 5.82 Å². The minimum Gasteiger partial charge on any atom is -0.545 e. The number of amides is 1. The van der Waals surface area contributed by atoms with Gasteiger partial charge in [0, 0.05) is 5.69 Å². The molecule has 0 atom stereocenters. The van der Waals surface area contributed by atoms with Gasteiger partial charge in [-0.2, -0.15) is 0 Å². The van der Waals surface area contributed by atoms with Gasteiger partial charge in [0.15, 0.2) is 5.11 Å². The molecule has 5 nitrogen and oxygen atoms in total. The maximum absolute atomic E-state index is 13.5. The molecule has 0 unspecified atom stereocenters. The summed E-state index contributed by atoms with van der Waals surface area (Å²) in [5.41, 5.74) is 0.184. The van der Waals surface area contributed by atoms with Crippen LogP contribution in [0.2, 0.25) is 0 Å². The third kappa shape index (κ3) is 3.86. The molecule has 0 spiro atoms. The Balaban J connectivity index is 2.04. The van der Waals surface area contributed by atoms with Gasteiger partial charge in [-0.1, -0.05) is 24.3 Å². The van der Waals surface area contributed by atoms with E-state index in [0.717, 1.165) is 6.07 Å². The molecule has 0 radical (unpaired) electrons. The number of carbonyl (C=O) groups is 2. The van der Waals surface area contributed by atoms with E-state index in [-0.39, 0.29) is 16.2 Å². The molecule has 7 heteroatoms. The fraction of sp³-hybridized carbons (Fsp3) is 0. The van der Waals surface area contributed by atoms with Crippen LogP contribution in [-0.2, 0) is 0 Å². The molecule has 0 saturated heterocycles. The van der Waals surface area contributed by atoms with Crippen LogP contribution in [0.1, 0.15) is 20.7 Å². The van der Waals surface area contributed by atoms with E-state index < -0.39 is 17.7 Å². The number of halogens is 1. The second kappa shape index (κ2) is 6.77. The molecule has 0 aliphatic carbocycles. The number of carboxylic acids is 1. The number of anilines is 1. The molecular formula is C15H10FN2O3S-. The lowest BCUT2D eigenvalue weighted by atomic mass is 10.2. The van der Waals surface area contributed by atoms with Gasteiger partial charge in [0.05, 0.1) is 11.5 Å². The molecule has 2 rings (SSSR count). The number of hydrogen-bond acceptors (Lipinski definition) is 4. The summed E-state index contributed by atoms with van der Waals surface area (Å²) in [6, 6.07) is 11.2. The van der Waals surface area contributed by atoms with Gasteiger partial charge in [0.2, 0.25) is 0 Å². The second-order valence-electron chi connectivity index (χ2n) is 4.26. The third-order valence-electron chi connectivity index (χ3n) is 2.70. The first-order chi connectivity index (χ1) is 10.5. The Labute approximate surface area is 130 Å². The first-order valence-corrected chi connectivity index (χ1v) is 6.56. The zero-order valence-electron chi connectivity index (χ0n) is 11.1. The number of carbonyl (C=O) groups excluding carboxylic acids is 2. The van der Waals surface area contributed by atoms with Gasteiger partial charge >= 0.3 is 0 Å². The molecule has 112 valence electrons. The van der Waals surface area contributed by atoms with Gasteiger partial charge in [-0.15, -0.1) is 0 Å². The summed E-state index contributed by atoms with van der Waals surface area (Å²) in [5, 5.41) is 15.6. The fourth-order valence-electron chi connectivity index (χ4n) is 1.70. The Hall–Kier alpha value is -2.80. The van der Waals surface area contributed by atoms with E-state index in [1.165, 1.54) is 36.4 Å². The number of carboxylic acid groups (broad SMARTS) is 1. The molecule has 0 aliphatic heterocycles. The Kier molecular flexibility index (Phi) is 4.80. The summed E-state index contributed by atoms with van der Waals surface area (Å²) in [7, 11) is 0. The minimum absolute atomic E-state index is 0.0340. The Morgan fingerprint density at radius 3 is 2.50 bits per heavy atom. The van der Waals surface area contributed by atoms with E-state index in [0.29, 0.717) is 5.69 Å². The molecule has 0 fully saturated rings. The highest BCUT2D eigenvalue weighted by molar-refractivity contribution is 7.80. The van der Waals surface area contributed by atoms with Crippen LogP contribution in [0.3, 0.4) is 0 Å². The van der Waals surface area contributed by atoms with Crippen LogP contribution >= 0.6 is 12.2 Å². The Morgan fingerprint density at radius 2 is 1.82 bits per heavy atom. The van der Waals surface area contributed by atoms with Crippen LogP contribution in [0.15, 0.2) is 48.5 Å². The van der Waals surface area contributed by atoms with Crippen molar-refractivity contribution in [1.82, 2.24) is 5.32 Å². The van der Waals surface area contributed by atoms with Gasteiger partial charge in [-0.25, -0.2) is 4.39 Å². The maximum Gasteiger partial charge on any atom is 0.260 e. The van der Waals surface area contributed by atoms with Crippen LogP contribution in [0.5, 0.6) is 0 Å². The van der Waals surface area contributed by atoms with Gasteiger partial charge in [0.25, 0.3) is 5.91 Å². The topological polar surface area (TPSA) is 81.3 Å². The summed E-state index contributed by atoms with van der Waals surface area (Å²) < 4.78 is 13.5. The number of nitrogens with one attached hydrogen (secondary N) is 2. The molecule has 22 heavy (non-hydrogen) atoms. The molecule has 2 aromatic rings. The number of hydrogen-bond donors (Lipinski definition) is 2. The molecule has 2 N–H and O–H groups in total. The van der Waals surface area contributed by atoms with Crippen molar-refractivity contribution < 1.29 is 19.1 Å². The molecule has 0 saturated carbocycles. The van der Waals surface area contributed by atoms with E-state index >= 15 is 0 Å². The standard InChI is InChI=1S/C15H11FN2O3S/c16-12-7-2-1-6-11(12)13(19)18-15(22)17-10-5-3-4-9(8-10)14(20)21/h1-8H,(H,20,21)(H2,17,18,19,22)/p-1. The minimum atomic E-state index is -1.33. The van der Waals surface area contributed by atoms with Crippen molar-refractivity contribution >= 4 is 34.9 Å². The fourth-order valence-corrected chi connectivity index (χ4v) is 1.91. The van der Waals surface area contributed by atoms with E-state index in [2.05, 4.69) is 10.6 Å². The van der Waals surface area contributed by atoms with E-state index in [9.17, 15) is 19.1 Å². The highest BCUT2D eigenvalue weighted by Crippen LogP contribution is 2.10. The van der Waals surface area contributed by atoms with E-state index in [1.807, 2.05) is 0 Å². The predicted molar refractivity (Wildman–Crippen MR) is 80.9 cm³/mol. The lowest BCUT2D eigenvalue weighted by Crippen LogP contribution is -2.34. The largest absolute Gasteiger partial charge is 0.545 e. The van der Waals surface area contributed by atoms with Crippen LogP contribution < -0.4 is 15.7 Å². The number of thiocarbonyl (C=S) groups is 1. The van der Waals surface area contributed by atoms with Crippen molar-refractivity contribution in [3.05, 3.63) is 65.5 Å². The van der Waals surface area contributed by atoms with Crippen LogP contribution in [0, 0.1) is 5.82 Å². The SMILES string of the molecule is O=C([O-])c1cccc(NC(=S)NC(=O)c2ccccc2F)c1. The van der Waals surface area contributed by atoms with Crippen molar-refractivity contribution in [3.8, 4) is 0 Å². The Morgan fingerprint density at radius 1 is 1.09 bits per heavy atom. The number of aromatic carboxylic acids is 1. The smallest absolute Gasteiger partial charge is 0.260 e. The van der Waals surface area contributed by atoms with Gasteiger partial charge < -0.3 is 15.2 Å². The third-order valence-corrected chi connectivity index (χ3v) is 2.91. The van der Waals surface area contributed by atoms with Crippen molar-refractivity contribution in [2.24, 2.45) is 0 Å². The normalized spacial score (nSPS) is 9.86. The monoisotopic (exact) mass is 317 g/mol. The highest BCUT2D eigenvalue weighted by Gasteiger charge is 2.12. The first-order valence-electron chi connectivity index (χ1n) is 6.15. The summed E-state index contributed by atoms with van der Waals surface area (Å²) in [6.45, 7) is 0. The molecule has 0 aliphatic rings. The average molecular weight is 317 g/mol. The summed E-state index contributed by atoms with van der Waals surface area (Å²) in [6.07, 6.45) is 0. The van der Waals surface area contributed by atoms with Crippen LogP contribution in [0.4, 0.5) is 10.1 Å². The van der Waals surface area contributed by atoms with Crippen molar-refractivity contribution in [2.45, 2.75) is 0 Å². The average Bonchev–Trinajstić information content (AvgIpc) is 2.47. The predicted octanol–water partition coefficient (Wildman–Crippen LogP) is 1.32. The zero-order valence-corrected chi connectivity index (χ0v) is 11.9. The molecule has 1 amide bonds. The lowest BCUT2D eigenvalue weighted by Gasteiger charge is -2.11. The molecule has 0 bridgehead atoms. The quantitative estimate of drug-likeness (QED) is 0.835. The van der Waals surface area contributed by atoms with Crippen molar-refractivity contribution in [3.63, 3.8) is 0 Å².